The summed E-state index contributed by atoms with van der Waals surface area (Å²) in [5, 5.41) is 14.0. The second kappa shape index (κ2) is 11.1. The Labute approximate surface area is 186 Å². The lowest BCUT2D eigenvalue weighted by Crippen LogP contribution is -2.36. The molecule has 3 rings (SSSR count). The monoisotopic (exact) mass is 511 g/mol. The van der Waals surface area contributed by atoms with Gasteiger partial charge in [0.25, 0.3) is 0 Å². The predicted molar refractivity (Wildman–Crippen MR) is 124 cm³/mol. The van der Waals surface area contributed by atoms with Gasteiger partial charge >= 0.3 is 0 Å². The molecule has 2 N–H and O–H groups in total. The number of nitrogens with one attached hydrogen (secondary N) is 2. The van der Waals surface area contributed by atoms with Gasteiger partial charge in [0.1, 0.15) is 17.7 Å². The Kier molecular flexibility index (Phi) is 8.84. The number of hydrogen-bond donors (Lipinski definition) is 2. The lowest BCUT2D eigenvalue weighted by molar-refractivity contribution is 0.683. The van der Waals surface area contributed by atoms with Gasteiger partial charge in [-0.2, -0.15) is 5.10 Å². The van der Waals surface area contributed by atoms with Crippen LogP contribution in [0.2, 0.25) is 0 Å². The summed E-state index contributed by atoms with van der Waals surface area (Å²) in [4.78, 5) is 12.9. The standard InChI is InChI=1S/C19H25N7S.HI/c1-14(2)17-11-27-18(25-17)9-23-19(20-3)22-8-15-5-4-6-16(7-15)10-26-13-21-12-24-26;/h4-7,11-14H,8-10H2,1-3H3,(H2,20,22,23);1H. The average Bonchev–Trinajstić information content (AvgIpc) is 3.34. The van der Waals surface area contributed by atoms with Crippen molar-refractivity contribution < 1.29 is 0 Å². The fourth-order valence-electron chi connectivity index (χ4n) is 2.58. The van der Waals surface area contributed by atoms with Crippen LogP contribution in [0.4, 0.5) is 0 Å². The first kappa shape index (κ1) is 22.3. The molecule has 0 saturated heterocycles. The Balaban J connectivity index is 0.00000280. The van der Waals surface area contributed by atoms with Gasteiger partial charge in [0.2, 0.25) is 0 Å². The highest BCUT2D eigenvalue weighted by molar-refractivity contribution is 14.0. The Morgan fingerprint density at radius 2 is 2.00 bits per heavy atom. The predicted octanol–water partition coefficient (Wildman–Crippen LogP) is 3.39. The van der Waals surface area contributed by atoms with E-state index in [4.69, 9.17) is 0 Å². The highest BCUT2D eigenvalue weighted by Gasteiger charge is 2.06. The van der Waals surface area contributed by atoms with Crippen LogP contribution in [-0.4, -0.2) is 32.8 Å². The molecule has 0 saturated carbocycles. The number of aromatic nitrogens is 4. The smallest absolute Gasteiger partial charge is 0.191 e. The van der Waals surface area contributed by atoms with Crippen LogP contribution in [0.25, 0.3) is 0 Å². The molecule has 0 aliphatic carbocycles. The molecule has 2 heterocycles. The zero-order valence-electron chi connectivity index (χ0n) is 16.3. The topological polar surface area (TPSA) is 80.0 Å². The summed E-state index contributed by atoms with van der Waals surface area (Å²) in [6, 6.07) is 8.41. The van der Waals surface area contributed by atoms with Gasteiger partial charge in [-0.25, -0.2) is 14.6 Å². The third-order valence-electron chi connectivity index (χ3n) is 4.05. The maximum atomic E-state index is 4.64. The molecule has 1 aromatic carbocycles. The van der Waals surface area contributed by atoms with Gasteiger partial charge in [-0.1, -0.05) is 38.1 Å². The molecule has 0 atom stereocenters. The molecule has 0 unspecified atom stereocenters. The summed E-state index contributed by atoms with van der Waals surface area (Å²) >= 11 is 1.68. The molecule has 3 aromatic rings. The van der Waals surface area contributed by atoms with Crippen LogP contribution < -0.4 is 10.6 Å². The summed E-state index contributed by atoms with van der Waals surface area (Å²) in [7, 11) is 1.78. The maximum Gasteiger partial charge on any atom is 0.191 e. The lowest BCUT2D eigenvalue weighted by atomic mass is 10.1. The number of rotatable bonds is 7. The maximum absolute atomic E-state index is 4.64. The first-order valence-electron chi connectivity index (χ1n) is 8.93. The van der Waals surface area contributed by atoms with Crippen LogP contribution >= 0.6 is 35.3 Å². The number of hydrogen-bond acceptors (Lipinski definition) is 5. The quantitative estimate of drug-likeness (QED) is 0.289. The van der Waals surface area contributed by atoms with E-state index < -0.39 is 0 Å². The molecule has 2 aromatic heterocycles. The largest absolute Gasteiger partial charge is 0.352 e. The number of nitrogens with zero attached hydrogens (tertiary/aromatic N) is 5. The molecule has 0 spiro atoms. The number of guanidine groups is 1. The molecule has 0 aliphatic heterocycles. The fraction of sp³-hybridized carbons (Fsp3) is 0.368. The van der Waals surface area contributed by atoms with E-state index in [1.807, 2.05) is 4.68 Å². The summed E-state index contributed by atoms with van der Waals surface area (Å²) < 4.78 is 1.81. The molecule has 0 amide bonds. The number of halogens is 1. The highest BCUT2D eigenvalue weighted by Crippen LogP contribution is 2.17. The van der Waals surface area contributed by atoms with E-state index in [1.54, 1.807) is 31.0 Å². The molecular formula is C19H26IN7S. The van der Waals surface area contributed by atoms with Crippen LogP contribution in [0.5, 0.6) is 0 Å². The van der Waals surface area contributed by atoms with Crippen molar-refractivity contribution in [3.63, 3.8) is 0 Å². The van der Waals surface area contributed by atoms with Crippen molar-refractivity contribution in [1.82, 2.24) is 30.4 Å². The van der Waals surface area contributed by atoms with E-state index in [1.165, 1.54) is 11.1 Å². The van der Waals surface area contributed by atoms with Crippen LogP contribution in [0.15, 0.2) is 47.3 Å². The zero-order chi connectivity index (χ0) is 19.1. The Hall–Kier alpha value is -2.01. The van der Waals surface area contributed by atoms with E-state index in [9.17, 15) is 0 Å². The fourth-order valence-corrected chi connectivity index (χ4v) is 3.47. The zero-order valence-corrected chi connectivity index (χ0v) is 19.4. The van der Waals surface area contributed by atoms with Gasteiger partial charge in [0, 0.05) is 19.0 Å². The van der Waals surface area contributed by atoms with Crippen molar-refractivity contribution in [3.8, 4) is 0 Å². The summed E-state index contributed by atoms with van der Waals surface area (Å²) in [6.07, 6.45) is 3.27. The Bertz CT molecular complexity index is 874. The van der Waals surface area contributed by atoms with Crippen LogP contribution in [0.3, 0.4) is 0 Å². The summed E-state index contributed by atoms with van der Waals surface area (Å²) in [5.41, 5.74) is 3.52. The van der Waals surface area contributed by atoms with Crippen LogP contribution in [-0.2, 0) is 19.6 Å². The molecule has 150 valence electrons. The molecule has 0 radical (unpaired) electrons. The summed E-state index contributed by atoms with van der Waals surface area (Å²) in [6.45, 7) is 6.39. The normalized spacial score (nSPS) is 11.4. The van der Waals surface area contributed by atoms with Crippen LogP contribution in [0.1, 0.15) is 41.6 Å². The third-order valence-corrected chi connectivity index (χ3v) is 4.92. The van der Waals surface area contributed by atoms with Gasteiger partial charge in [0.05, 0.1) is 18.8 Å². The molecule has 0 aliphatic rings. The first-order valence-corrected chi connectivity index (χ1v) is 9.81. The Morgan fingerprint density at radius 3 is 2.68 bits per heavy atom. The van der Waals surface area contributed by atoms with Gasteiger partial charge in [-0.3, -0.25) is 4.99 Å². The van der Waals surface area contributed by atoms with Crippen molar-refractivity contribution in [2.24, 2.45) is 4.99 Å². The van der Waals surface area contributed by atoms with Gasteiger partial charge in [0.15, 0.2) is 5.96 Å². The van der Waals surface area contributed by atoms with E-state index in [2.05, 4.69) is 74.2 Å². The SMILES string of the molecule is CN=C(NCc1cccc(Cn2cncn2)c1)NCc1nc(C(C)C)cs1.I. The van der Waals surface area contributed by atoms with E-state index in [0.717, 1.165) is 16.7 Å². The average molecular weight is 511 g/mol. The van der Waals surface area contributed by atoms with E-state index in [0.29, 0.717) is 25.6 Å². The first-order chi connectivity index (χ1) is 13.1. The minimum atomic E-state index is 0. The van der Waals surface area contributed by atoms with Crippen molar-refractivity contribution >= 4 is 41.3 Å². The number of thiazole rings is 1. The van der Waals surface area contributed by atoms with Gasteiger partial charge in [-0.05, 0) is 17.0 Å². The molecule has 9 heteroatoms. The summed E-state index contributed by atoms with van der Waals surface area (Å²) in [5.74, 6) is 1.22. The van der Waals surface area contributed by atoms with Gasteiger partial charge in [-0.15, -0.1) is 35.3 Å². The van der Waals surface area contributed by atoms with E-state index in [-0.39, 0.29) is 24.0 Å². The molecule has 0 bridgehead atoms. The van der Waals surface area contributed by atoms with Gasteiger partial charge < -0.3 is 10.6 Å². The molecule has 7 nitrogen and oxygen atoms in total. The highest BCUT2D eigenvalue weighted by atomic mass is 127. The van der Waals surface area contributed by atoms with Crippen molar-refractivity contribution in [3.05, 3.63) is 64.1 Å². The Morgan fingerprint density at radius 1 is 1.21 bits per heavy atom. The van der Waals surface area contributed by atoms with Crippen molar-refractivity contribution in [1.29, 1.82) is 0 Å². The van der Waals surface area contributed by atoms with Crippen molar-refractivity contribution in [2.75, 3.05) is 7.05 Å². The number of aliphatic imine (C=N–C) groups is 1. The minimum absolute atomic E-state index is 0. The second-order valence-electron chi connectivity index (χ2n) is 6.51. The lowest BCUT2D eigenvalue weighted by Gasteiger charge is -2.12. The van der Waals surface area contributed by atoms with Crippen molar-refractivity contribution in [2.45, 2.75) is 39.4 Å². The second-order valence-corrected chi connectivity index (χ2v) is 7.46. The van der Waals surface area contributed by atoms with Crippen LogP contribution in [0, 0.1) is 0 Å². The molecule has 28 heavy (non-hydrogen) atoms. The molecular weight excluding hydrogens is 485 g/mol. The van der Waals surface area contributed by atoms with E-state index >= 15 is 0 Å². The molecule has 0 fully saturated rings. The minimum Gasteiger partial charge on any atom is -0.352 e. The third kappa shape index (κ3) is 6.55. The number of benzene rings is 1.